The van der Waals surface area contributed by atoms with E-state index in [2.05, 4.69) is 4.90 Å². The van der Waals surface area contributed by atoms with Crippen molar-refractivity contribution in [3.8, 4) is 0 Å². The Morgan fingerprint density at radius 3 is 2.63 bits per heavy atom. The van der Waals surface area contributed by atoms with E-state index in [-0.39, 0.29) is 24.5 Å². The molecule has 0 saturated carbocycles. The monoisotopic (exact) mass is 375 g/mol. The molecule has 148 valence electrons. The lowest BCUT2D eigenvalue weighted by molar-refractivity contribution is -0.161. The average Bonchev–Trinajstić information content (AvgIpc) is 2.96. The van der Waals surface area contributed by atoms with Crippen LogP contribution < -0.4 is 0 Å². The zero-order valence-electron chi connectivity index (χ0n) is 16.6. The molecule has 2 aliphatic heterocycles. The Morgan fingerprint density at radius 1 is 1.33 bits per heavy atom. The standard InChI is InChI=1S/C21H29NO5/c1-13-15(5-6-16-17(13)12-26-20(16)25)18(23)11-22-9-7-14(8-10-22)19(24)27-21(2,3)4/h5-6,14,18,23H,7-12H2,1-4H3. The predicted octanol–water partition coefficient (Wildman–Crippen LogP) is 2.75. The molecule has 6 heteroatoms. The van der Waals surface area contributed by atoms with Crippen LogP contribution in [0.25, 0.3) is 0 Å². The van der Waals surface area contributed by atoms with Gasteiger partial charge in [-0.2, -0.15) is 0 Å². The molecular formula is C21H29NO5. The van der Waals surface area contributed by atoms with Crippen molar-refractivity contribution in [3.63, 3.8) is 0 Å². The quantitative estimate of drug-likeness (QED) is 0.816. The van der Waals surface area contributed by atoms with Crippen LogP contribution >= 0.6 is 0 Å². The Hall–Kier alpha value is -1.92. The molecule has 1 aromatic rings. The van der Waals surface area contributed by atoms with Crippen LogP contribution in [0.2, 0.25) is 0 Å². The van der Waals surface area contributed by atoms with E-state index in [0.29, 0.717) is 12.1 Å². The van der Waals surface area contributed by atoms with Gasteiger partial charge >= 0.3 is 11.9 Å². The molecule has 3 rings (SSSR count). The third kappa shape index (κ3) is 4.50. The van der Waals surface area contributed by atoms with Crippen LogP contribution in [-0.2, 0) is 20.9 Å². The summed E-state index contributed by atoms with van der Waals surface area (Å²) in [5.41, 5.74) is 2.78. The summed E-state index contributed by atoms with van der Waals surface area (Å²) in [7, 11) is 0. The van der Waals surface area contributed by atoms with Gasteiger partial charge in [0.15, 0.2) is 0 Å². The van der Waals surface area contributed by atoms with Crippen molar-refractivity contribution in [2.45, 2.75) is 58.8 Å². The zero-order valence-corrected chi connectivity index (χ0v) is 16.6. The molecule has 1 fully saturated rings. The maximum absolute atomic E-state index is 12.2. The van der Waals surface area contributed by atoms with Gasteiger partial charge in [0.1, 0.15) is 12.2 Å². The number of β-amino-alcohol motifs (C(OH)–C–C–N with tert-alkyl or cyclic N) is 1. The van der Waals surface area contributed by atoms with Gasteiger partial charge in [-0.25, -0.2) is 4.79 Å². The highest BCUT2D eigenvalue weighted by molar-refractivity contribution is 5.93. The summed E-state index contributed by atoms with van der Waals surface area (Å²) in [5, 5.41) is 10.7. The number of esters is 2. The van der Waals surface area contributed by atoms with Gasteiger partial charge in [-0.3, -0.25) is 4.79 Å². The van der Waals surface area contributed by atoms with Crippen molar-refractivity contribution in [2.24, 2.45) is 5.92 Å². The SMILES string of the molecule is Cc1c(C(O)CN2CCC(C(=O)OC(C)(C)C)CC2)ccc2c1COC2=O. The summed E-state index contributed by atoms with van der Waals surface area (Å²) in [4.78, 5) is 26.1. The molecule has 2 aliphatic rings. The average molecular weight is 375 g/mol. The van der Waals surface area contributed by atoms with Crippen molar-refractivity contribution < 1.29 is 24.2 Å². The van der Waals surface area contributed by atoms with E-state index in [1.165, 1.54) is 0 Å². The first-order valence-corrected chi connectivity index (χ1v) is 9.58. The van der Waals surface area contributed by atoms with Gasteiger partial charge < -0.3 is 19.5 Å². The number of cyclic esters (lactones) is 1. The number of rotatable bonds is 4. The molecule has 1 saturated heterocycles. The number of piperidine rings is 1. The lowest BCUT2D eigenvalue weighted by atomic mass is 9.93. The smallest absolute Gasteiger partial charge is 0.338 e. The van der Waals surface area contributed by atoms with Gasteiger partial charge in [0, 0.05) is 12.1 Å². The fourth-order valence-corrected chi connectivity index (χ4v) is 3.81. The molecule has 1 N–H and O–H groups in total. The van der Waals surface area contributed by atoms with E-state index in [0.717, 1.165) is 42.6 Å². The number of aliphatic hydroxyl groups is 1. The maximum atomic E-state index is 12.2. The van der Waals surface area contributed by atoms with Crippen molar-refractivity contribution in [1.29, 1.82) is 0 Å². The number of likely N-dealkylation sites (tertiary alicyclic amines) is 1. The van der Waals surface area contributed by atoms with E-state index in [1.807, 2.05) is 33.8 Å². The normalized spacial score (nSPS) is 19.5. The summed E-state index contributed by atoms with van der Waals surface area (Å²) in [6.45, 7) is 9.88. The number of carbonyl (C=O) groups is 2. The minimum Gasteiger partial charge on any atom is -0.460 e. The summed E-state index contributed by atoms with van der Waals surface area (Å²) in [6.07, 6.45) is 0.851. The minimum atomic E-state index is -0.635. The molecule has 27 heavy (non-hydrogen) atoms. The minimum absolute atomic E-state index is 0.0671. The van der Waals surface area contributed by atoms with Gasteiger partial charge in [-0.1, -0.05) is 6.07 Å². The molecular weight excluding hydrogens is 346 g/mol. The van der Waals surface area contributed by atoms with E-state index in [1.54, 1.807) is 6.07 Å². The van der Waals surface area contributed by atoms with Gasteiger partial charge in [0.2, 0.25) is 0 Å². The maximum Gasteiger partial charge on any atom is 0.338 e. The van der Waals surface area contributed by atoms with Crippen LogP contribution in [0.5, 0.6) is 0 Å². The summed E-state index contributed by atoms with van der Waals surface area (Å²) in [5.74, 6) is -0.484. The number of carbonyl (C=O) groups excluding carboxylic acids is 2. The highest BCUT2D eigenvalue weighted by atomic mass is 16.6. The molecule has 0 aromatic heterocycles. The van der Waals surface area contributed by atoms with Crippen LogP contribution in [0, 0.1) is 12.8 Å². The topological polar surface area (TPSA) is 76.1 Å². The molecule has 0 aliphatic carbocycles. The van der Waals surface area contributed by atoms with E-state index in [4.69, 9.17) is 9.47 Å². The van der Waals surface area contributed by atoms with Gasteiger partial charge in [-0.15, -0.1) is 0 Å². The molecule has 1 atom stereocenters. The first-order chi connectivity index (χ1) is 12.7. The zero-order chi connectivity index (χ0) is 19.8. The Kier molecular flexibility index (Phi) is 5.58. The second-order valence-corrected chi connectivity index (χ2v) is 8.51. The summed E-state index contributed by atoms with van der Waals surface area (Å²) >= 11 is 0. The summed E-state index contributed by atoms with van der Waals surface area (Å²) in [6, 6.07) is 3.56. The fourth-order valence-electron chi connectivity index (χ4n) is 3.81. The van der Waals surface area contributed by atoms with Crippen LogP contribution in [0.3, 0.4) is 0 Å². The van der Waals surface area contributed by atoms with Gasteiger partial charge in [0.25, 0.3) is 0 Å². The first-order valence-electron chi connectivity index (χ1n) is 9.58. The lowest BCUT2D eigenvalue weighted by Crippen LogP contribution is -2.40. The Bertz CT molecular complexity index is 729. The summed E-state index contributed by atoms with van der Waals surface area (Å²) < 4.78 is 10.6. The number of ether oxygens (including phenoxy) is 2. The largest absolute Gasteiger partial charge is 0.460 e. The Balaban J connectivity index is 1.57. The molecule has 0 spiro atoms. The third-order valence-corrected chi connectivity index (χ3v) is 5.33. The van der Waals surface area contributed by atoms with Crippen molar-refractivity contribution in [1.82, 2.24) is 4.90 Å². The van der Waals surface area contributed by atoms with Crippen molar-refractivity contribution >= 4 is 11.9 Å². The highest BCUT2D eigenvalue weighted by Gasteiger charge is 2.31. The molecule has 0 radical (unpaired) electrons. The van der Waals surface area contributed by atoms with Crippen molar-refractivity contribution in [3.05, 3.63) is 34.4 Å². The number of benzene rings is 1. The number of hydrogen-bond donors (Lipinski definition) is 1. The number of fused-ring (bicyclic) bond motifs is 1. The Labute approximate surface area is 160 Å². The van der Waals surface area contributed by atoms with Crippen LogP contribution in [0.1, 0.15) is 66.8 Å². The number of aliphatic hydroxyl groups excluding tert-OH is 1. The van der Waals surface area contributed by atoms with E-state index < -0.39 is 11.7 Å². The van der Waals surface area contributed by atoms with Crippen LogP contribution in [-0.4, -0.2) is 47.2 Å². The van der Waals surface area contributed by atoms with Crippen LogP contribution in [0.15, 0.2) is 12.1 Å². The molecule has 2 heterocycles. The van der Waals surface area contributed by atoms with Gasteiger partial charge in [0.05, 0.1) is 17.6 Å². The lowest BCUT2D eigenvalue weighted by Gasteiger charge is -2.33. The van der Waals surface area contributed by atoms with Crippen molar-refractivity contribution in [2.75, 3.05) is 19.6 Å². The number of nitrogens with zero attached hydrogens (tertiary/aromatic N) is 1. The first kappa shape index (κ1) is 19.8. The van der Waals surface area contributed by atoms with E-state index in [9.17, 15) is 14.7 Å². The molecule has 6 nitrogen and oxygen atoms in total. The van der Waals surface area contributed by atoms with E-state index >= 15 is 0 Å². The molecule has 0 amide bonds. The molecule has 1 unspecified atom stereocenters. The second kappa shape index (κ2) is 7.60. The molecule has 0 bridgehead atoms. The second-order valence-electron chi connectivity index (χ2n) is 8.51. The predicted molar refractivity (Wildman–Crippen MR) is 100 cm³/mol. The third-order valence-electron chi connectivity index (χ3n) is 5.33. The number of hydrogen-bond acceptors (Lipinski definition) is 6. The highest BCUT2D eigenvalue weighted by Crippen LogP contribution is 2.30. The molecule has 1 aromatic carbocycles. The van der Waals surface area contributed by atoms with Gasteiger partial charge in [-0.05, 0) is 70.8 Å². The van der Waals surface area contributed by atoms with Crippen LogP contribution in [0.4, 0.5) is 0 Å². The Morgan fingerprint density at radius 2 is 2.00 bits per heavy atom. The fraction of sp³-hybridized carbons (Fsp3) is 0.619.